The van der Waals surface area contributed by atoms with Crippen LogP contribution in [-0.2, 0) is 4.74 Å². The highest BCUT2D eigenvalue weighted by atomic mass is 35.5. The van der Waals surface area contributed by atoms with Crippen LogP contribution in [0.3, 0.4) is 0 Å². The molecule has 5 nitrogen and oxygen atoms in total. The molecule has 3 heterocycles. The number of nitrogens with one attached hydrogen (secondary N) is 1. The maximum atomic E-state index is 5.52. The fourth-order valence-corrected chi connectivity index (χ4v) is 4.78. The van der Waals surface area contributed by atoms with Crippen LogP contribution in [0.5, 0.6) is 0 Å². The lowest BCUT2D eigenvalue weighted by molar-refractivity contribution is 0.0565. The van der Waals surface area contributed by atoms with E-state index in [-0.39, 0.29) is 30.9 Å². The minimum Gasteiger partial charge on any atom is -0.382 e. The van der Waals surface area contributed by atoms with Crippen molar-refractivity contribution >= 4 is 58.4 Å². The Bertz CT molecular complexity index is 857. The normalized spacial score (nSPS) is 19.5. The van der Waals surface area contributed by atoms with Crippen molar-refractivity contribution in [1.29, 1.82) is 0 Å². The molecule has 8 heteroatoms. The molecule has 2 atom stereocenters. The van der Waals surface area contributed by atoms with E-state index in [2.05, 4.69) is 66.3 Å². The van der Waals surface area contributed by atoms with Gasteiger partial charge in [-0.05, 0) is 45.5 Å². The topological polar surface area (TPSA) is 40.1 Å². The number of benzene rings is 1. The summed E-state index contributed by atoms with van der Waals surface area (Å²) in [5.74, 6) is 1.09. The summed E-state index contributed by atoms with van der Waals surface area (Å²) >= 11 is 1.80. The molecule has 2 aromatic rings. The summed E-state index contributed by atoms with van der Waals surface area (Å²) in [6.07, 6.45) is 1.29. The third-order valence-corrected chi connectivity index (χ3v) is 6.52. The van der Waals surface area contributed by atoms with E-state index in [0.29, 0.717) is 6.04 Å². The molecule has 2 aliphatic heterocycles. The number of fused-ring (bicyclic) bond motifs is 2. The molecule has 0 amide bonds. The summed E-state index contributed by atoms with van der Waals surface area (Å²) in [5.41, 5.74) is 3.31. The molecule has 1 fully saturated rings. The zero-order valence-electron chi connectivity index (χ0n) is 17.3. The number of thiophene rings is 1. The number of hydrogen-bond donors (Lipinski definition) is 1. The molecule has 0 spiro atoms. The molecule has 0 radical (unpaired) electrons. The second-order valence-electron chi connectivity index (χ2n) is 7.54. The molecule has 160 valence electrons. The fourth-order valence-electron chi connectivity index (χ4n) is 3.86. The van der Waals surface area contributed by atoms with Crippen molar-refractivity contribution in [3.05, 3.63) is 40.8 Å². The average molecular weight is 457 g/mol. The van der Waals surface area contributed by atoms with Gasteiger partial charge in [-0.25, -0.2) is 4.99 Å². The summed E-state index contributed by atoms with van der Waals surface area (Å²) in [5, 5.41) is 4.79. The number of piperazine rings is 1. The van der Waals surface area contributed by atoms with Gasteiger partial charge in [0.25, 0.3) is 0 Å². The lowest BCUT2D eigenvalue weighted by Gasteiger charge is -2.41. The van der Waals surface area contributed by atoms with Crippen LogP contribution in [0.2, 0.25) is 0 Å². The molecule has 1 aromatic heterocycles. The minimum absolute atomic E-state index is 0. The highest BCUT2D eigenvalue weighted by Gasteiger charge is 2.30. The number of anilines is 2. The van der Waals surface area contributed by atoms with Gasteiger partial charge in [-0.2, -0.15) is 0 Å². The van der Waals surface area contributed by atoms with Crippen molar-refractivity contribution in [2.75, 3.05) is 39.1 Å². The van der Waals surface area contributed by atoms with Crippen LogP contribution >= 0.6 is 36.2 Å². The predicted molar refractivity (Wildman–Crippen MR) is 129 cm³/mol. The van der Waals surface area contributed by atoms with Gasteiger partial charge in [-0.3, -0.25) is 4.90 Å². The second kappa shape index (κ2) is 10.1. The second-order valence-corrected chi connectivity index (χ2v) is 8.80. The Morgan fingerprint density at radius 1 is 1.28 bits per heavy atom. The van der Waals surface area contributed by atoms with Gasteiger partial charge in [-0.1, -0.05) is 12.1 Å². The molecule has 1 saturated heterocycles. The van der Waals surface area contributed by atoms with Crippen LogP contribution < -0.4 is 5.32 Å². The Balaban J connectivity index is 0.00000150. The van der Waals surface area contributed by atoms with E-state index in [1.165, 1.54) is 15.4 Å². The molecule has 2 aliphatic rings. The third-order valence-electron chi connectivity index (χ3n) is 5.56. The van der Waals surface area contributed by atoms with Gasteiger partial charge in [-0.15, -0.1) is 36.2 Å². The standard InChI is InChI=1S/C21H28N4OS.2ClH/c1-14(26-4)11-16-13-25(10-9-24(16)3)20-17-12-15(2)27-21(17)23-19-8-6-5-7-18(19)22-20;;/h5-8,12,14,16,23H,9-11,13H2,1-4H3;2*1H/t14-,16?;;/m0../s1. The third kappa shape index (κ3) is 5.06. The van der Waals surface area contributed by atoms with Crippen molar-refractivity contribution in [2.24, 2.45) is 4.99 Å². The van der Waals surface area contributed by atoms with E-state index in [1.807, 2.05) is 0 Å². The van der Waals surface area contributed by atoms with E-state index in [4.69, 9.17) is 9.73 Å². The van der Waals surface area contributed by atoms with Crippen molar-refractivity contribution in [3.63, 3.8) is 0 Å². The first-order valence-corrected chi connectivity index (χ1v) is 10.4. The maximum absolute atomic E-state index is 5.52. The number of nitrogens with zero attached hydrogens (tertiary/aromatic N) is 3. The van der Waals surface area contributed by atoms with Gasteiger partial charge in [0.15, 0.2) is 0 Å². The van der Waals surface area contributed by atoms with Gasteiger partial charge in [0.1, 0.15) is 10.8 Å². The zero-order valence-corrected chi connectivity index (χ0v) is 19.8. The number of ether oxygens (including phenoxy) is 1. The molecule has 29 heavy (non-hydrogen) atoms. The lowest BCUT2D eigenvalue weighted by atomic mass is 10.0. The number of likely N-dealkylation sites (N-methyl/N-ethyl adjacent to an activating group) is 1. The molecule has 4 rings (SSSR count). The van der Waals surface area contributed by atoms with E-state index < -0.39 is 0 Å². The molecular weight excluding hydrogens is 427 g/mol. The number of para-hydroxylation sites is 2. The summed E-state index contributed by atoms with van der Waals surface area (Å²) in [4.78, 5) is 11.3. The molecule has 0 bridgehead atoms. The number of rotatable bonds is 3. The van der Waals surface area contributed by atoms with E-state index in [1.54, 1.807) is 18.4 Å². The van der Waals surface area contributed by atoms with E-state index in [9.17, 15) is 0 Å². The number of aliphatic imine (C=N–C) groups is 1. The van der Waals surface area contributed by atoms with Gasteiger partial charge in [0.05, 0.1) is 23.0 Å². The molecule has 1 aromatic carbocycles. The van der Waals surface area contributed by atoms with Crippen LogP contribution in [0, 0.1) is 6.92 Å². The number of aryl methyl sites for hydroxylation is 1. The minimum atomic E-state index is 0. The lowest BCUT2D eigenvalue weighted by Crippen LogP contribution is -2.54. The first-order chi connectivity index (χ1) is 13.0. The van der Waals surface area contributed by atoms with Crippen LogP contribution in [-0.4, -0.2) is 61.6 Å². The smallest absolute Gasteiger partial charge is 0.139 e. The number of amidine groups is 1. The quantitative estimate of drug-likeness (QED) is 0.698. The highest BCUT2D eigenvalue weighted by molar-refractivity contribution is 7.16. The summed E-state index contributed by atoms with van der Waals surface area (Å²) in [7, 11) is 4.01. The van der Waals surface area contributed by atoms with Crippen molar-refractivity contribution in [2.45, 2.75) is 32.4 Å². The van der Waals surface area contributed by atoms with Crippen molar-refractivity contribution in [3.8, 4) is 0 Å². The van der Waals surface area contributed by atoms with Crippen LogP contribution in [0.4, 0.5) is 16.4 Å². The number of hydrogen-bond acceptors (Lipinski definition) is 6. The fraction of sp³-hybridized carbons (Fsp3) is 0.476. The van der Waals surface area contributed by atoms with E-state index >= 15 is 0 Å². The van der Waals surface area contributed by atoms with Crippen LogP contribution in [0.25, 0.3) is 0 Å². The molecule has 0 aliphatic carbocycles. The Labute approximate surface area is 190 Å². The largest absolute Gasteiger partial charge is 0.382 e. The molecule has 1 unspecified atom stereocenters. The Kier molecular flexibility index (Phi) is 8.37. The Morgan fingerprint density at radius 3 is 2.79 bits per heavy atom. The van der Waals surface area contributed by atoms with Gasteiger partial charge < -0.3 is 15.0 Å². The summed E-state index contributed by atoms with van der Waals surface area (Å²) < 4.78 is 5.52. The van der Waals surface area contributed by atoms with E-state index in [0.717, 1.165) is 43.3 Å². The highest BCUT2D eigenvalue weighted by Crippen LogP contribution is 2.39. The van der Waals surface area contributed by atoms with Crippen molar-refractivity contribution < 1.29 is 4.74 Å². The first kappa shape index (κ1) is 24.0. The molecular formula is C21H30Cl2N4OS. The maximum Gasteiger partial charge on any atom is 0.139 e. The van der Waals surface area contributed by atoms with Gasteiger partial charge in [0.2, 0.25) is 0 Å². The molecule has 1 N–H and O–H groups in total. The predicted octanol–water partition coefficient (Wildman–Crippen LogP) is 5.08. The number of halogens is 2. The zero-order chi connectivity index (χ0) is 19.0. The van der Waals surface area contributed by atoms with Crippen LogP contribution in [0.1, 0.15) is 23.8 Å². The monoisotopic (exact) mass is 456 g/mol. The molecule has 0 saturated carbocycles. The summed E-state index contributed by atoms with van der Waals surface area (Å²) in [6, 6.07) is 11.0. The first-order valence-electron chi connectivity index (χ1n) is 9.58. The Morgan fingerprint density at radius 2 is 2.03 bits per heavy atom. The van der Waals surface area contributed by atoms with Crippen molar-refractivity contribution in [1.82, 2.24) is 9.80 Å². The summed E-state index contributed by atoms with van der Waals surface area (Å²) in [6.45, 7) is 7.31. The SMILES string of the molecule is CO[C@@H](C)CC1CN(C2=Nc3ccccc3Nc3sc(C)cc32)CCN1C.Cl.Cl. The van der Waals surface area contributed by atoms with Crippen LogP contribution in [0.15, 0.2) is 35.3 Å². The Hall–Kier alpha value is -1.31. The van der Waals surface area contributed by atoms with Gasteiger partial charge in [0, 0.05) is 37.7 Å². The van der Waals surface area contributed by atoms with Gasteiger partial charge >= 0.3 is 0 Å². The number of methoxy groups -OCH3 is 1. The average Bonchev–Trinajstić information content (AvgIpc) is 2.95.